The number of halogens is 1. The van der Waals surface area contributed by atoms with E-state index in [0.717, 1.165) is 4.88 Å². The Labute approximate surface area is 119 Å². The number of thiophene rings is 1. The van der Waals surface area contributed by atoms with Crippen LogP contribution in [0.2, 0.25) is 4.34 Å². The molecule has 0 saturated carbocycles. The SMILES string of the molecule is COc1cccc(C(=O)OCc2ccc(Cl)s2)c1N. The lowest BCUT2D eigenvalue weighted by molar-refractivity contribution is 0.0478. The van der Waals surface area contributed by atoms with Crippen molar-refractivity contribution in [2.75, 3.05) is 12.8 Å². The Hall–Kier alpha value is -1.72. The van der Waals surface area contributed by atoms with E-state index in [1.807, 2.05) is 6.07 Å². The Kier molecular flexibility index (Phi) is 4.29. The number of hydrogen-bond acceptors (Lipinski definition) is 5. The fourth-order valence-corrected chi connectivity index (χ4v) is 2.54. The summed E-state index contributed by atoms with van der Waals surface area (Å²) in [5.41, 5.74) is 6.39. The van der Waals surface area contributed by atoms with Crippen molar-refractivity contribution in [2.45, 2.75) is 6.61 Å². The number of ether oxygens (including phenoxy) is 2. The van der Waals surface area contributed by atoms with Gasteiger partial charge in [-0.15, -0.1) is 11.3 Å². The van der Waals surface area contributed by atoms with Gasteiger partial charge in [-0.25, -0.2) is 4.79 Å². The molecule has 0 saturated heterocycles. The largest absolute Gasteiger partial charge is 0.495 e. The van der Waals surface area contributed by atoms with Crippen LogP contribution in [0, 0.1) is 0 Å². The van der Waals surface area contributed by atoms with Gasteiger partial charge < -0.3 is 15.2 Å². The maximum atomic E-state index is 11.9. The predicted molar refractivity (Wildman–Crippen MR) is 75.9 cm³/mol. The molecule has 19 heavy (non-hydrogen) atoms. The zero-order valence-electron chi connectivity index (χ0n) is 10.2. The van der Waals surface area contributed by atoms with Crippen molar-refractivity contribution in [3.8, 4) is 5.75 Å². The first-order chi connectivity index (χ1) is 9.11. The first-order valence-corrected chi connectivity index (χ1v) is 6.65. The molecular weight excluding hydrogens is 286 g/mol. The molecule has 0 spiro atoms. The van der Waals surface area contributed by atoms with E-state index in [1.165, 1.54) is 18.4 Å². The van der Waals surface area contributed by atoms with Gasteiger partial charge in [-0.1, -0.05) is 17.7 Å². The number of esters is 1. The summed E-state index contributed by atoms with van der Waals surface area (Å²) in [5, 5.41) is 0. The molecule has 1 aromatic carbocycles. The molecule has 0 atom stereocenters. The van der Waals surface area contributed by atoms with Crippen molar-refractivity contribution in [2.24, 2.45) is 0 Å². The van der Waals surface area contributed by atoms with Crippen molar-refractivity contribution in [1.82, 2.24) is 0 Å². The van der Waals surface area contributed by atoms with Gasteiger partial charge in [0.2, 0.25) is 0 Å². The van der Waals surface area contributed by atoms with Crippen molar-refractivity contribution in [3.63, 3.8) is 0 Å². The fraction of sp³-hybridized carbons (Fsp3) is 0.154. The zero-order chi connectivity index (χ0) is 13.8. The van der Waals surface area contributed by atoms with Gasteiger partial charge in [0, 0.05) is 4.88 Å². The number of carbonyl (C=O) groups excluding carboxylic acids is 1. The van der Waals surface area contributed by atoms with E-state index in [4.69, 9.17) is 26.8 Å². The molecule has 0 fully saturated rings. The number of nitrogen functional groups attached to an aromatic ring is 1. The molecule has 0 bridgehead atoms. The van der Waals surface area contributed by atoms with E-state index in [2.05, 4.69) is 0 Å². The van der Waals surface area contributed by atoms with Gasteiger partial charge in [0.05, 0.1) is 22.7 Å². The summed E-state index contributed by atoms with van der Waals surface area (Å²) in [5.74, 6) is -0.0328. The standard InChI is InChI=1S/C13H12ClNO3S/c1-17-10-4-2-3-9(12(10)15)13(16)18-7-8-5-6-11(14)19-8/h2-6H,7,15H2,1H3. The maximum Gasteiger partial charge on any atom is 0.340 e. The lowest BCUT2D eigenvalue weighted by atomic mass is 10.1. The van der Waals surface area contributed by atoms with Gasteiger partial charge in [0.1, 0.15) is 12.4 Å². The summed E-state index contributed by atoms with van der Waals surface area (Å²) in [6.07, 6.45) is 0. The van der Waals surface area contributed by atoms with Crippen molar-refractivity contribution in [3.05, 3.63) is 45.1 Å². The van der Waals surface area contributed by atoms with Gasteiger partial charge >= 0.3 is 5.97 Å². The monoisotopic (exact) mass is 297 g/mol. The number of carbonyl (C=O) groups is 1. The highest BCUT2D eigenvalue weighted by atomic mass is 35.5. The lowest BCUT2D eigenvalue weighted by Crippen LogP contribution is -2.08. The summed E-state index contributed by atoms with van der Waals surface area (Å²) in [6, 6.07) is 8.55. The Morgan fingerprint density at radius 1 is 1.37 bits per heavy atom. The third-order valence-corrected chi connectivity index (χ3v) is 3.68. The average Bonchev–Trinajstić information content (AvgIpc) is 2.82. The highest BCUT2D eigenvalue weighted by Crippen LogP contribution is 2.26. The van der Waals surface area contributed by atoms with Crippen LogP contribution in [0.15, 0.2) is 30.3 Å². The van der Waals surface area contributed by atoms with Gasteiger partial charge in [-0.2, -0.15) is 0 Å². The molecule has 0 aliphatic rings. The molecule has 6 heteroatoms. The summed E-state index contributed by atoms with van der Waals surface area (Å²) >= 11 is 7.17. The fourth-order valence-electron chi connectivity index (χ4n) is 1.54. The van der Waals surface area contributed by atoms with Crippen LogP contribution in [0.3, 0.4) is 0 Å². The number of benzene rings is 1. The van der Waals surface area contributed by atoms with E-state index in [-0.39, 0.29) is 12.3 Å². The Bertz CT molecular complexity index is 597. The average molecular weight is 298 g/mol. The van der Waals surface area contributed by atoms with Crippen LogP contribution >= 0.6 is 22.9 Å². The minimum Gasteiger partial charge on any atom is -0.495 e. The van der Waals surface area contributed by atoms with Crippen LogP contribution in [-0.4, -0.2) is 13.1 Å². The number of para-hydroxylation sites is 1. The van der Waals surface area contributed by atoms with Gasteiger partial charge in [-0.05, 0) is 24.3 Å². The molecule has 1 heterocycles. The van der Waals surface area contributed by atoms with E-state index in [9.17, 15) is 4.79 Å². The summed E-state index contributed by atoms with van der Waals surface area (Å²) in [7, 11) is 1.49. The minimum atomic E-state index is -0.485. The lowest BCUT2D eigenvalue weighted by Gasteiger charge is -2.09. The van der Waals surface area contributed by atoms with E-state index < -0.39 is 5.97 Å². The molecule has 100 valence electrons. The first kappa shape index (κ1) is 13.7. The van der Waals surface area contributed by atoms with Gasteiger partial charge in [0.15, 0.2) is 0 Å². The number of anilines is 1. The van der Waals surface area contributed by atoms with Gasteiger partial charge in [-0.3, -0.25) is 0 Å². The Morgan fingerprint density at radius 2 is 2.16 bits per heavy atom. The summed E-state index contributed by atoms with van der Waals surface area (Å²) in [4.78, 5) is 12.8. The molecule has 0 unspecified atom stereocenters. The molecule has 0 radical (unpaired) electrons. The Morgan fingerprint density at radius 3 is 2.79 bits per heavy atom. The van der Waals surface area contributed by atoms with Crippen LogP contribution in [0.25, 0.3) is 0 Å². The third-order valence-electron chi connectivity index (χ3n) is 2.48. The van der Waals surface area contributed by atoms with E-state index in [0.29, 0.717) is 15.6 Å². The van der Waals surface area contributed by atoms with E-state index >= 15 is 0 Å². The van der Waals surface area contributed by atoms with Crippen molar-refractivity contribution < 1.29 is 14.3 Å². The number of rotatable bonds is 4. The van der Waals surface area contributed by atoms with E-state index in [1.54, 1.807) is 24.3 Å². The van der Waals surface area contributed by atoms with Crippen molar-refractivity contribution >= 4 is 34.6 Å². The number of methoxy groups -OCH3 is 1. The molecule has 2 N–H and O–H groups in total. The summed E-state index contributed by atoms with van der Waals surface area (Å²) in [6.45, 7) is 0.173. The number of hydrogen-bond donors (Lipinski definition) is 1. The zero-order valence-corrected chi connectivity index (χ0v) is 11.8. The quantitative estimate of drug-likeness (QED) is 0.694. The molecule has 2 rings (SSSR count). The third kappa shape index (κ3) is 3.19. The van der Waals surface area contributed by atoms with Crippen LogP contribution in [-0.2, 0) is 11.3 Å². The topological polar surface area (TPSA) is 61.5 Å². The highest BCUT2D eigenvalue weighted by molar-refractivity contribution is 7.16. The first-order valence-electron chi connectivity index (χ1n) is 5.45. The normalized spacial score (nSPS) is 10.2. The molecule has 4 nitrogen and oxygen atoms in total. The minimum absolute atomic E-state index is 0.173. The van der Waals surface area contributed by atoms with Crippen LogP contribution < -0.4 is 10.5 Å². The molecule has 0 amide bonds. The Balaban J connectivity index is 2.08. The van der Waals surface area contributed by atoms with Crippen molar-refractivity contribution in [1.29, 1.82) is 0 Å². The maximum absolute atomic E-state index is 11.9. The highest BCUT2D eigenvalue weighted by Gasteiger charge is 2.14. The van der Waals surface area contributed by atoms with Crippen LogP contribution in [0.5, 0.6) is 5.75 Å². The van der Waals surface area contributed by atoms with Crippen LogP contribution in [0.1, 0.15) is 15.2 Å². The molecule has 2 aromatic rings. The van der Waals surface area contributed by atoms with Crippen LogP contribution in [0.4, 0.5) is 5.69 Å². The predicted octanol–water partition coefficient (Wildman–Crippen LogP) is 3.35. The smallest absolute Gasteiger partial charge is 0.340 e. The molecular formula is C13H12ClNO3S. The molecule has 0 aliphatic heterocycles. The molecule has 0 aliphatic carbocycles. The van der Waals surface area contributed by atoms with Gasteiger partial charge in [0.25, 0.3) is 0 Å². The second kappa shape index (κ2) is 5.95. The summed E-state index contributed by atoms with van der Waals surface area (Å²) < 4.78 is 10.9. The second-order valence-corrected chi connectivity index (χ2v) is 5.50. The number of nitrogens with two attached hydrogens (primary N) is 1. The second-order valence-electron chi connectivity index (χ2n) is 3.70. The molecule has 1 aromatic heterocycles.